The third-order valence-corrected chi connectivity index (χ3v) is 2.09. The maximum absolute atomic E-state index is 10.6. The lowest BCUT2D eigenvalue weighted by Crippen LogP contribution is -2.01. The first-order valence-corrected chi connectivity index (χ1v) is 4.21. The monoisotopic (exact) mass is 208 g/mol. The molecule has 0 saturated carbocycles. The van der Waals surface area contributed by atoms with Gasteiger partial charge < -0.3 is 5.11 Å². The van der Waals surface area contributed by atoms with E-state index in [0.717, 1.165) is 0 Å². The van der Waals surface area contributed by atoms with Crippen LogP contribution in [0.3, 0.4) is 0 Å². The van der Waals surface area contributed by atoms with Crippen molar-refractivity contribution in [2.45, 2.75) is 0 Å². The van der Waals surface area contributed by atoms with Gasteiger partial charge in [-0.25, -0.2) is 4.79 Å². The summed E-state index contributed by atoms with van der Waals surface area (Å²) in [7, 11) is 0. The average molecular weight is 209 g/mol. The second-order valence-corrected chi connectivity index (χ2v) is 3.12. The van der Waals surface area contributed by atoms with E-state index in [1.807, 2.05) is 0 Å². The fourth-order valence-electron chi connectivity index (χ4n) is 1.14. The van der Waals surface area contributed by atoms with E-state index in [9.17, 15) is 4.79 Å². The Kier molecular flexibility index (Phi) is 2.05. The second-order valence-electron chi connectivity index (χ2n) is 2.71. The number of fused-ring (bicyclic) bond motifs is 1. The maximum Gasteiger partial charge on any atom is 0.356 e. The van der Waals surface area contributed by atoms with Crippen molar-refractivity contribution in [3.05, 3.63) is 35.0 Å². The van der Waals surface area contributed by atoms with Gasteiger partial charge in [-0.3, -0.25) is 0 Å². The van der Waals surface area contributed by atoms with Crippen molar-refractivity contribution < 1.29 is 9.90 Å². The zero-order valence-electron chi connectivity index (χ0n) is 6.94. The Morgan fingerprint density at radius 2 is 2.14 bits per heavy atom. The van der Waals surface area contributed by atoms with Crippen LogP contribution in [0.15, 0.2) is 24.3 Å². The Balaban J connectivity index is 2.73. The second kappa shape index (κ2) is 3.23. The van der Waals surface area contributed by atoms with E-state index in [4.69, 9.17) is 16.7 Å². The Bertz CT molecular complexity index is 513. The Hall–Kier alpha value is -1.68. The van der Waals surface area contributed by atoms with Gasteiger partial charge in [-0.15, -0.1) is 10.2 Å². The molecule has 1 heterocycles. The Morgan fingerprint density at radius 3 is 2.86 bits per heavy atom. The van der Waals surface area contributed by atoms with E-state index in [-0.39, 0.29) is 5.69 Å². The molecule has 0 saturated heterocycles. The molecule has 0 atom stereocenters. The molecular formula is C9H5ClN2O2. The van der Waals surface area contributed by atoms with E-state index >= 15 is 0 Å². The van der Waals surface area contributed by atoms with E-state index in [0.29, 0.717) is 15.9 Å². The molecule has 0 aliphatic carbocycles. The van der Waals surface area contributed by atoms with Crippen LogP contribution in [0.5, 0.6) is 0 Å². The molecule has 0 unspecified atom stereocenters. The number of nitrogens with zero attached hydrogens (tertiary/aromatic N) is 2. The van der Waals surface area contributed by atoms with Crippen LogP contribution >= 0.6 is 11.6 Å². The first-order valence-electron chi connectivity index (χ1n) is 3.84. The molecule has 1 N–H and O–H groups in total. The number of halogens is 1. The van der Waals surface area contributed by atoms with Crippen molar-refractivity contribution in [2.24, 2.45) is 0 Å². The minimum absolute atomic E-state index is 0.0835. The smallest absolute Gasteiger partial charge is 0.356 e. The standard InChI is InChI=1S/C9H5ClN2O2/c10-6-3-1-2-5-4-7(9(13)14)11-12-8(5)6/h1-4H,(H,13,14). The van der Waals surface area contributed by atoms with Gasteiger partial charge in [-0.2, -0.15) is 0 Å². The minimum atomic E-state index is -1.10. The van der Waals surface area contributed by atoms with Crippen molar-refractivity contribution in [1.82, 2.24) is 10.2 Å². The van der Waals surface area contributed by atoms with Crippen LogP contribution in [0, 0.1) is 0 Å². The summed E-state index contributed by atoms with van der Waals surface area (Å²) in [5.41, 5.74) is 0.430. The normalized spacial score (nSPS) is 10.4. The molecule has 0 aliphatic heterocycles. The van der Waals surface area contributed by atoms with Crippen molar-refractivity contribution in [3.8, 4) is 0 Å². The number of carbonyl (C=O) groups is 1. The molecule has 0 radical (unpaired) electrons. The number of aromatic nitrogens is 2. The van der Waals surface area contributed by atoms with Crippen LogP contribution in [-0.2, 0) is 0 Å². The fraction of sp³-hybridized carbons (Fsp3) is 0. The number of carboxylic acids is 1. The highest BCUT2D eigenvalue weighted by molar-refractivity contribution is 6.35. The van der Waals surface area contributed by atoms with Crippen LogP contribution in [-0.4, -0.2) is 21.3 Å². The van der Waals surface area contributed by atoms with Gasteiger partial charge in [0.2, 0.25) is 0 Å². The molecule has 5 heteroatoms. The van der Waals surface area contributed by atoms with Crippen molar-refractivity contribution >= 4 is 28.5 Å². The van der Waals surface area contributed by atoms with Gasteiger partial charge in [0, 0.05) is 5.39 Å². The first kappa shape index (κ1) is 8.90. The molecule has 1 aromatic heterocycles. The molecule has 0 amide bonds. The molecule has 0 bridgehead atoms. The van der Waals surface area contributed by atoms with Gasteiger partial charge >= 0.3 is 5.97 Å². The van der Waals surface area contributed by atoms with Gasteiger partial charge in [0.25, 0.3) is 0 Å². The molecule has 70 valence electrons. The number of hydrogen-bond acceptors (Lipinski definition) is 3. The minimum Gasteiger partial charge on any atom is -0.476 e. The largest absolute Gasteiger partial charge is 0.476 e. The molecule has 2 aromatic rings. The van der Waals surface area contributed by atoms with Gasteiger partial charge in [0.15, 0.2) is 5.69 Å². The number of aromatic carboxylic acids is 1. The van der Waals surface area contributed by atoms with E-state index in [2.05, 4.69) is 10.2 Å². The summed E-state index contributed by atoms with van der Waals surface area (Å²) >= 11 is 5.84. The van der Waals surface area contributed by atoms with Crippen LogP contribution in [0.4, 0.5) is 0 Å². The zero-order valence-corrected chi connectivity index (χ0v) is 7.69. The summed E-state index contributed by atoms with van der Waals surface area (Å²) in [5, 5.41) is 17.1. The summed E-state index contributed by atoms with van der Waals surface area (Å²) in [6, 6.07) is 6.59. The van der Waals surface area contributed by atoms with Crippen LogP contribution < -0.4 is 0 Å². The van der Waals surface area contributed by atoms with Crippen LogP contribution in [0.2, 0.25) is 5.02 Å². The average Bonchev–Trinajstić information content (AvgIpc) is 2.17. The fourth-order valence-corrected chi connectivity index (χ4v) is 1.36. The number of carboxylic acid groups (broad SMARTS) is 1. The number of benzene rings is 1. The molecular weight excluding hydrogens is 204 g/mol. The highest BCUT2D eigenvalue weighted by Gasteiger charge is 2.07. The SMILES string of the molecule is O=C(O)c1cc2cccc(Cl)c2nn1. The van der Waals surface area contributed by atoms with Crippen LogP contribution in [0.25, 0.3) is 10.9 Å². The van der Waals surface area contributed by atoms with Crippen molar-refractivity contribution in [3.63, 3.8) is 0 Å². The van der Waals surface area contributed by atoms with E-state index in [1.54, 1.807) is 18.2 Å². The van der Waals surface area contributed by atoms with Gasteiger partial charge in [0.05, 0.1) is 5.02 Å². The van der Waals surface area contributed by atoms with Gasteiger partial charge in [-0.05, 0) is 12.1 Å². The molecule has 14 heavy (non-hydrogen) atoms. The molecule has 1 aromatic carbocycles. The topological polar surface area (TPSA) is 63.1 Å². The summed E-state index contributed by atoms with van der Waals surface area (Å²) in [6.07, 6.45) is 0. The predicted molar refractivity (Wildman–Crippen MR) is 51.5 cm³/mol. The highest BCUT2D eigenvalue weighted by Crippen LogP contribution is 2.20. The zero-order chi connectivity index (χ0) is 10.1. The summed E-state index contributed by atoms with van der Waals surface area (Å²) in [6.45, 7) is 0. The Morgan fingerprint density at radius 1 is 1.36 bits per heavy atom. The third-order valence-electron chi connectivity index (χ3n) is 1.79. The summed E-state index contributed by atoms with van der Waals surface area (Å²) in [5.74, 6) is -1.10. The first-order chi connectivity index (χ1) is 6.68. The van der Waals surface area contributed by atoms with Crippen LogP contribution in [0.1, 0.15) is 10.5 Å². The number of rotatable bonds is 1. The highest BCUT2D eigenvalue weighted by atomic mass is 35.5. The van der Waals surface area contributed by atoms with E-state index in [1.165, 1.54) is 6.07 Å². The third kappa shape index (κ3) is 1.40. The molecule has 0 spiro atoms. The van der Waals surface area contributed by atoms with Gasteiger partial charge in [-0.1, -0.05) is 23.7 Å². The maximum atomic E-state index is 10.6. The molecule has 2 rings (SSSR count). The molecule has 4 nitrogen and oxygen atoms in total. The van der Waals surface area contributed by atoms with Gasteiger partial charge in [0.1, 0.15) is 5.52 Å². The predicted octanol–water partition coefficient (Wildman–Crippen LogP) is 1.98. The molecule has 0 fully saturated rings. The summed E-state index contributed by atoms with van der Waals surface area (Å²) in [4.78, 5) is 10.6. The lowest BCUT2D eigenvalue weighted by atomic mass is 10.2. The Labute approximate surface area is 84.1 Å². The quantitative estimate of drug-likeness (QED) is 0.779. The van der Waals surface area contributed by atoms with E-state index < -0.39 is 5.97 Å². The van der Waals surface area contributed by atoms with Crippen molar-refractivity contribution in [2.75, 3.05) is 0 Å². The summed E-state index contributed by atoms with van der Waals surface area (Å²) < 4.78 is 0. The van der Waals surface area contributed by atoms with Crippen molar-refractivity contribution in [1.29, 1.82) is 0 Å². The lowest BCUT2D eigenvalue weighted by molar-refractivity contribution is 0.0689. The molecule has 0 aliphatic rings. The lowest BCUT2D eigenvalue weighted by Gasteiger charge is -1.98. The number of hydrogen-bond donors (Lipinski definition) is 1.